The van der Waals surface area contributed by atoms with E-state index in [0.29, 0.717) is 12.1 Å². The van der Waals surface area contributed by atoms with Crippen molar-refractivity contribution in [3.05, 3.63) is 35.9 Å². The van der Waals surface area contributed by atoms with Gasteiger partial charge in [0.2, 0.25) is 0 Å². The molecule has 1 aromatic carbocycles. The SMILES string of the molecule is Cc1c(-c2ccccc2)nn2c1NC(C)CC2C. The molecule has 0 amide bonds. The topological polar surface area (TPSA) is 29.9 Å². The van der Waals surface area contributed by atoms with Crippen molar-refractivity contribution in [2.24, 2.45) is 0 Å². The standard InChI is InChI=1S/C15H19N3/c1-10-9-11(2)18-15(16-10)12(3)14(17-18)13-7-5-4-6-8-13/h4-8,10-11,16H,9H2,1-3H3. The van der Waals surface area contributed by atoms with Gasteiger partial charge in [-0.05, 0) is 27.2 Å². The second-order valence-electron chi connectivity index (χ2n) is 5.26. The maximum absolute atomic E-state index is 4.79. The predicted molar refractivity (Wildman–Crippen MR) is 74.8 cm³/mol. The summed E-state index contributed by atoms with van der Waals surface area (Å²) in [5, 5.41) is 8.34. The average molecular weight is 241 g/mol. The minimum absolute atomic E-state index is 0.465. The molecule has 0 spiro atoms. The molecule has 3 heteroatoms. The van der Waals surface area contributed by atoms with Crippen LogP contribution in [-0.4, -0.2) is 15.8 Å². The van der Waals surface area contributed by atoms with Crippen LogP contribution in [-0.2, 0) is 0 Å². The van der Waals surface area contributed by atoms with E-state index in [4.69, 9.17) is 5.10 Å². The number of nitrogens with one attached hydrogen (secondary N) is 1. The summed E-state index contributed by atoms with van der Waals surface area (Å²) >= 11 is 0. The molecule has 1 aromatic heterocycles. The summed E-state index contributed by atoms with van der Waals surface area (Å²) in [5.41, 5.74) is 3.54. The molecule has 18 heavy (non-hydrogen) atoms. The van der Waals surface area contributed by atoms with Crippen LogP contribution in [0.2, 0.25) is 0 Å². The molecule has 0 aliphatic carbocycles. The quantitative estimate of drug-likeness (QED) is 0.826. The molecule has 1 N–H and O–H groups in total. The van der Waals surface area contributed by atoms with Gasteiger partial charge in [0.1, 0.15) is 5.82 Å². The van der Waals surface area contributed by atoms with Crippen LogP contribution in [0.4, 0.5) is 5.82 Å². The zero-order valence-corrected chi connectivity index (χ0v) is 11.1. The molecule has 3 nitrogen and oxygen atoms in total. The molecule has 2 heterocycles. The van der Waals surface area contributed by atoms with Crippen molar-refractivity contribution in [2.45, 2.75) is 39.3 Å². The first-order valence-electron chi connectivity index (χ1n) is 6.58. The highest BCUT2D eigenvalue weighted by molar-refractivity contribution is 5.69. The minimum atomic E-state index is 0.465. The highest BCUT2D eigenvalue weighted by Crippen LogP contribution is 2.34. The smallest absolute Gasteiger partial charge is 0.128 e. The molecule has 2 atom stereocenters. The van der Waals surface area contributed by atoms with E-state index in [2.05, 4.69) is 55.0 Å². The fourth-order valence-corrected chi connectivity index (χ4v) is 2.78. The second kappa shape index (κ2) is 4.16. The van der Waals surface area contributed by atoms with Crippen molar-refractivity contribution in [3.8, 4) is 11.3 Å². The predicted octanol–water partition coefficient (Wildman–Crippen LogP) is 3.62. The maximum Gasteiger partial charge on any atom is 0.128 e. The van der Waals surface area contributed by atoms with E-state index >= 15 is 0 Å². The van der Waals surface area contributed by atoms with Gasteiger partial charge in [-0.25, -0.2) is 4.68 Å². The Bertz CT molecular complexity index is 557. The van der Waals surface area contributed by atoms with E-state index in [9.17, 15) is 0 Å². The van der Waals surface area contributed by atoms with Gasteiger partial charge in [-0.1, -0.05) is 30.3 Å². The molecule has 0 saturated carbocycles. The Morgan fingerprint density at radius 3 is 2.67 bits per heavy atom. The van der Waals surface area contributed by atoms with Crippen LogP contribution < -0.4 is 5.32 Å². The van der Waals surface area contributed by atoms with Crippen molar-refractivity contribution >= 4 is 5.82 Å². The van der Waals surface area contributed by atoms with E-state index in [1.807, 2.05) is 6.07 Å². The van der Waals surface area contributed by atoms with Crippen LogP contribution in [0.3, 0.4) is 0 Å². The normalized spacial score (nSPS) is 22.4. The Hall–Kier alpha value is -1.77. The monoisotopic (exact) mass is 241 g/mol. The van der Waals surface area contributed by atoms with Gasteiger partial charge in [0.05, 0.1) is 11.7 Å². The number of fused-ring (bicyclic) bond motifs is 1. The van der Waals surface area contributed by atoms with Crippen LogP contribution in [0.5, 0.6) is 0 Å². The maximum atomic E-state index is 4.79. The molecule has 3 rings (SSSR count). The number of benzene rings is 1. The minimum Gasteiger partial charge on any atom is -0.367 e. The van der Waals surface area contributed by atoms with Crippen LogP contribution in [0.25, 0.3) is 11.3 Å². The summed E-state index contributed by atoms with van der Waals surface area (Å²) in [6.45, 7) is 6.62. The van der Waals surface area contributed by atoms with Gasteiger partial charge < -0.3 is 5.32 Å². The number of hydrogen-bond donors (Lipinski definition) is 1. The summed E-state index contributed by atoms with van der Waals surface area (Å²) in [4.78, 5) is 0. The van der Waals surface area contributed by atoms with Gasteiger partial charge in [0.15, 0.2) is 0 Å². The summed E-state index contributed by atoms with van der Waals surface area (Å²) in [7, 11) is 0. The van der Waals surface area contributed by atoms with Gasteiger partial charge >= 0.3 is 0 Å². The molecular formula is C15H19N3. The van der Waals surface area contributed by atoms with Crippen molar-refractivity contribution < 1.29 is 0 Å². The van der Waals surface area contributed by atoms with E-state index in [1.165, 1.54) is 16.9 Å². The van der Waals surface area contributed by atoms with Gasteiger partial charge in [0, 0.05) is 17.2 Å². The van der Waals surface area contributed by atoms with Crippen molar-refractivity contribution in [2.75, 3.05) is 5.32 Å². The lowest BCUT2D eigenvalue weighted by Crippen LogP contribution is -2.29. The molecule has 0 saturated heterocycles. The van der Waals surface area contributed by atoms with E-state index in [0.717, 1.165) is 12.1 Å². The van der Waals surface area contributed by atoms with Crippen LogP contribution in [0, 0.1) is 6.92 Å². The van der Waals surface area contributed by atoms with E-state index < -0.39 is 0 Å². The third-order valence-electron chi connectivity index (χ3n) is 3.69. The zero-order valence-electron chi connectivity index (χ0n) is 11.1. The van der Waals surface area contributed by atoms with Crippen molar-refractivity contribution in [3.63, 3.8) is 0 Å². The first-order valence-corrected chi connectivity index (χ1v) is 6.58. The van der Waals surface area contributed by atoms with Gasteiger partial charge in [-0.2, -0.15) is 5.10 Å². The molecule has 2 aromatic rings. The highest BCUT2D eigenvalue weighted by atomic mass is 15.4. The number of aromatic nitrogens is 2. The Labute approximate surface area is 108 Å². The molecule has 1 aliphatic heterocycles. The van der Waals surface area contributed by atoms with Crippen LogP contribution in [0.1, 0.15) is 31.9 Å². The molecule has 94 valence electrons. The van der Waals surface area contributed by atoms with Crippen molar-refractivity contribution in [1.82, 2.24) is 9.78 Å². The number of hydrogen-bond acceptors (Lipinski definition) is 2. The molecule has 0 bridgehead atoms. The first-order chi connectivity index (χ1) is 8.66. The lowest BCUT2D eigenvalue weighted by Gasteiger charge is -2.28. The van der Waals surface area contributed by atoms with Crippen molar-refractivity contribution in [1.29, 1.82) is 0 Å². The van der Waals surface area contributed by atoms with Gasteiger partial charge in [-0.15, -0.1) is 0 Å². The summed E-state index contributed by atoms with van der Waals surface area (Å²) in [5.74, 6) is 1.18. The molecule has 1 aliphatic rings. The summed E-state index contributed by atoms with van der Waals surface area (Å²) < 4.78 is 2.14. The van der Waals surface area contributed by atoms with E-state index in [1.54, 1.807) is 0 Å². The molecule has 0 radical (unpaired) electrons. The molecular weight excluding hydrogens is 222 g/mol. The third-order valence-corrected chi connectivity index (χ3v) is 3.69. The Morgan fingerprint density at radius 2 is 1.94 bits per heavy atom. The Balaban J connectivity index is 2.12. The number of nitrogens with zero attached hydrogens (tertiary/aromatic N) is 2. The van der Waals surface area contributed by atoms with E-state index in [-0.39, 0.29) is 0 Å². The first kappa shape index (κ1) is 11.3. The lowest BCUT2D eigenvalue weighted by atomic mass is 10.1. The summed E-state index contributed by atoms with van der Waals surface area (Å²) in [6.07, 6.45) is 1.13. The number of anilines is 1. The van der Waals surface area contributed by atoms with Gasteiger partial charge in [0.25, 0.3) is 0 Å². The van der Waals surface area contributed by atoms with Gasteiger partial charge in [-0.3, -0.25) is 0 Å². The average Bonchev–Trinajstić information content (AvgIpc) is 2.69. The fourth-order valence-electron chi connectivity index (χ4n) is 2.78. The Kier molecular flexibility index (Phi) is 2.62. The molecule has 2 unspecified atom stereocenters. The summed E-state index contributed by atoms with van der Waals surface area (Å²) in [6, 6.07) is 11.4. The Morgan fingerprint density at radius 1 is 1.22 bits per heavy atom. The molecule has 0 fully saturated rings. The highest BCUT2D eigenvalue weighted by Gasteiger charge is 2.25. The largest absolute Gasteiger partial charge is 0.367 e. The second-order valence-corrected chi connectivity index (χ2v) is 5.26. The lowest BCUT2D eigenvalue weighted by molar-refractivity contribution is 0.414. The zero-order chi connectivity index (χ0) is 12.7. The number of rotatable bonds is 1. The third kappa shape index (κ3) is 1.70. The van der Waals surface area contributed by atoms with Crippen LogP contribution in [0.15, 0.2) is 30.3 Å². The van der Waals surface area contributed by atoms with Crippen LogP contribution >= 0.6 is 0 Å². The fraction of sp³-hybridized carbons (Fsp3) is 0.400.